The molecule has 0 N–H and O–H groups in total. The zero-order chi connectivity index (χ0) is 15.2. The fourth-order valence-corrected chi connectivity index (χ4v) is 4.48. The maximum absolute atomic E-state index is 12.3. The molecule has 0 radical (unpaired) electrons. The first-order chi connectivity index (χ1) is 10.0. The van der Waals surface area contributed by atoms with Gasteiger partial charge in [-0.15, -0.1) is 6.58 Å². The third-order valence-corrected chi connectivity index (χ3v) is 5.36. The Morgan fingerprint density at radius 3 is 3.05 bits per heavy atom. The van der Waals surface area contributed by atoms with Gasteiger partial charge in [0.1, 0.15) is 11.8 Å². The Morgan fingerprint density at radius 1 is 1.62 bits per heavy atom. The number of allylic oxidation sites excluding steroid dienone is 1. The van der Waals surface area contributed by atoms with E-state index < -0.39 is 12.1 Å². The first-order valence-corrected chi connectivity index (χ1v) is 7.42. The molecule has 3 aliphatic rings. The highest BCUT2D eigenvalue weighted by molar-refractivity contribution is 5.84. The number of carbonyl (C=O) groups excluding carboxylic acids is 2. The number of cyclic esters (lactones) is 1. The van der Waals surface area contributed by atoms with Crippen LogP contribution in [-0.4, -0.2) is 36.2 Å². The molecule has 0 aromatic heterocycles. The second-order valence-corrected chi connectivity index (χ2v) is 6.26. The van der Waals surface area contributed by atoms with Crippen LogP contribution in [0.3, 0.4) is 0 Å². The molecule has 114 valence electrons. The van der Waals surface area contributed by atoms with Gasteiger partial charge in [-0.05, 0) is 37.5 Å². The van der Waals surface area contributed by atoms with Crippen molar-refractivity contribution in [2.45, 2.75) is 44.2 Å². The zero-order valence-corrected chi connectivity index (χ0v) is 12.3. The summed E-state index contributed by atoms with van der Waals surface area (Å²) in [6.45, 7) is 7.69. The average molecular weight is 291 g/mol. The first kappa shape index (κ1) is 14.2. The maximum Gasteiger partial charge on any atom is 0.415 e. The largest absolute Gasteiger partial charge is 0.467 e. The first-order valence-electron chi connectivity index (χ1n) is 7.42. The van der Waals surface area contributed by atoms with Crippen LogP contribution < -0.4 is 0 Å². The number of rotatable bonds is 4. The zero-order valence-electron chi connectivity index (χ0n) is 12.3. The highest BCUT2D eigenvalue weighted by atomic mass is 16.6. The molecule has 2 heterocycles. The summed E-state index contributed by atoms with van der Waals surface area (Å²) in [6, 6.07) is -0.525. The van der Waals surface area contributed by atoms with Crippen molar-refractivity contribution in [1.29, 1.82) is 0 Å². The minimum atomic E-state index is -0.534. The molecule has 1 amide bonds. The van der Waals surface area contributed by atoms with Crippen molar-refractivity contribution in [2.75, 3.05) is 7.11 Å². The molecule has 5 nitrogen and oxygen atoms in total. The quantitative estimate of drug-likeness (QED) is 0.590. The van der Waals surface area contributed by atoms with E-state index in [1.807, 2.05) is 6.08 Å². The van der Waals surface area contributed by atoms with Gasteiger partial charge in [-0.3, -0.25) is 4.90 Å². The van der Waals surface area contributed by atoms with Crippen molar-refractivity contribution in [2.24, 2.45) is 11.3 Å². The van der Waals surface area contributed by atoms with Crippen molar-refractivity contribution in [1.82, 2.24) is 4.90 Å². The molecule has 2 aliphatic heterocycles. The number of carbonyl (C=O) groups is 2. The number of ether oxygens (including phenoxy) is 2. The van der Waals surface area contributed by atoms with Gasteiger partial charge in [0.25, 0.3) is 0 Å². The summed E-state index contributed by atoms with van der Waals surface area (Å²) >= 11 is 0. The standard InChI is InChI=1S/C16H21NO4/c1-4-5-7-16-8-6-11-10(2)21-15(19)17(13(11)16)12(9-16)14(18)20-3/h4,11-13H,1-2,5-9H2,3H3/t11-,12-,13-,16-/m0/s1. The van der Waals surface area contributed by atoms with E-state index in [0.717, 1.165) is 25.7 Å². The SMILES string of the molecule is C=CCC[C@@]12CC[C@H]3C(=C)OC(=O)N([C@@H]31)[C@H](C(=O)OC)C2. The van der Waals surface area contributed by atoms with E-state index in [-0.39, 0.29) is 23.3 Å². The molecule has 4 atom stereocenters. The Morgan fingerprint density at radius 2 is 2.38 bits per heavy atom. The molecule has 0 unspecified atom stereocenters. The third-order valence-electron chi connectivity index (χ3n) is 5.36. The van der Waals surface area contributed by atoms with Gasteiger partial charge in [0.2, 0.25) is 0 Å². The summed E-state index contributed by atoms with van der Waals surface area (Å²) in [7, 11) is 1.36. The molecule has 3 rings (SSSR count). The minimum Gasteiger partial charge on any atom is -0.467 e. The lowest BCUT2D eigenvalue weighted by Crippen LogP contribution is -2.52. The Labute approximate surface area is 124 Å². The predicted molar refractivity (Wildman–Crippen MR) is 76.3 cm³/mol. The van der Waals surface area contributed by atoms with Crippen LogP contribution in [0.25, 0.3) is 0 Å². The number of esters is 1. The van der Waals surface area contributed by atoms with Crippen molar-refractivity contribution in [3.8, 4) is 0 Å². The second-order valence-electron chi connectivity index (χ2n) is 6.26. The van der Waals surface area contributed by atoms with Crippen LogP contribution in [0.15, 0.2) is 25.0 Å². The van der Waals surface area contributed by atoms with E-state index in [9.17, 15) is 9.59 Å². The van der Waals surface area contributed by atoms with Gasteiger partial charge in [-0.25, -0.2) is 9.59 Å². The van der Waals surface area contributed by atoms with E-state index in [1.54, 1.807) is 4.90 Å². The lowest BCUT2D eigenvalue weighted by molar-refractivity contribution is -0.146. The van der Waals surface area contributed by atoms with Crippen LogP contribution >= 0.6 is 0 Å². The molecular formula is C16H21NO4. The molecule has 0 bridgehead atoms. The number of methoxy groups -OCH3 is 1. The Balaban J connectivity index is 1.99. The lowest BCUT2D eigenvalue weighted by Gasteiger charge is -2.39. The minimum absolute atomic E-state index is 0.00954. The van der Waals surface area contributed by atoms with Gasteiger partial charge >= 0.3 is 12.1 Å². The van der Waals surface area contributed by atoms with Gasteiger partial charge in [-0.1, -0.05) is 12.7 Å². The van der Waals surface area contributed by atoms with Crippen molar-refractivity contribution < 1.29 is 19.1 Å². The summed E-state index contributed by atoms with van der Waals surface area (Å²) in [6.07, 6.45) is 5.84. The fourth-order valence-electron chi connectivity index (χ4n) is 4.48. The molecule has 2 saturated heterocycles. The van der Waals surface area contributed by atoms with E-state index in [1.165, 1.54) is 7.11 Å². The number of hydrogen-bond donors (Lipinski definition) is 0. The summed E-state index contributed by atoms with van der Waals surface area (Å²) < 4.78 is 10.2. The molecule has 5 heteroatoms. The Hall–Kier alpha value is -1.78. The maximum atomic E-state index is 12.3. The summed E-state index contributed by atoms with van der Waals surface area (Å²) in [5.74, 6) is 0.319. The van der Waals surface area contributed by atoms with Crippen LogP contribution in [0.2, 0.25) is 0 Å². The Kier molecular flexibility index (Phi) is 3.30. The smallest absolute Gasteiger partial charge is 0.415 e. The summed E-state index contributed by atoms with van der Waals surface area (Å²) in [5, 5.41) is 0. The monoisotopic (exact) mass is 291 g/mol. The lowest BCUT2D eigenvalue weighted by atomic mass is 9.75. The molecule has 0 aromatic carbocycles. The van der Waals surface area contributed by atoms with Crippen LogP contribution in [-0.2, 0) is 14.3 Å². The third kappa shape index (κ3) is 1.90. The van der Waals surface area contributed by atoms with Gasteiger partial charge in [0, 0.05) is 5.92 Å². The normalized spacial score (nSPS) is 37.2. The summed E-state index contributed by atoms with van der Waals surface area (Å²) in [5.41, 5.74) is -0.0416. The number of hydrogen-bond acceptors (Lipinski definition) is 4. The predicted octanol–water partition coefficient (Wildman–Crippen LogP) is 2.63. The van der Waals surface area contributed by atoms with E-state index >= 15 is 0 Å². The van der Waals surface area contributed by atoms with Crippen LogP contribution in [0.1, 0.15) is 32.1 Å². The molecule has 21 heavy (non-hydrogen) atoms. The average Bonchev–Trinajstić information content (AvgIpc) is 2.98. The summed E-state index contributed by atoms with van der Waals surface area (Å²) in [4.78, 5) is 26.0. The number of amides is 1. The van der Waals surface area contributed by atoms with Gasteiger partial charge in [0.15, 0.2) is 0 Å². The fraction of sp³-hybridized carbons (Fsp3) is 0.625. The molecule has 0 spiro atoms. The van der Waals surface area contributed by atoms with Gasteiger partial charge in [-0.2, -0.15) is 0 Å². The van der Waals surface area contributed by atoms with Crippen molar-refractivity contribution >= 4 is 12.1 Å². The molecular weight excluding hydrogens is 270 g/mol. The van der Waals surface area contributed by atoms with Crippen molar-refractivity contribution in [3.05, 3.63) is 25.0 Å². The number of nitrogens with zero attached hydrogens (tertiary/aromatic N) is 1. The molecule has 1 aliphatic carbocycles. The second kappa shape index (κ2) is 4.90. The molecule has 3 fully saturated rings. The van der Waals surface area contributed by atoms with Gasteiger partial charge in [0.05, 0.1) is 13.2 Å². The van der Waals surface area contributed by atoms with E-state index in [2.05, 4.69) is 13.2 Å². The highest BCUT2D eigenvalue weighted by Gasteiger charge is 2.64. The van der Waals surface area contributed by atoms with Crippen LogP contribution in [0.4, 0.5) is 4.79 Å². The van der Waals surface area contributed by atoms with Crippen molar-refractivity contribution in [3.63, 3.8) is 0 Å². The van der Waals surface area contributed by atoms with Crippen LogP contribution in [0.5, 0.6) is 0 Å². The Bertz CT molecular complexity index is 514. The van der Waals surface area contributed by atoms with Crippen LogP contribution in [0, 0.1) is 11.3 Å². The van der Waals surface area contributed by atoms with E-state index in [4.69, 9.17) is 9.47 Å². The molecule has 0 aromatic rings. The topological polar surface area (TPSA) is 55.8 Å². The van der Waals surface area contributed by atoms with Gasteiger partial charge < -0.3 is 9.47 Å². The molecule has 1 saturated carbocycles. The van der Waals surface area contributed by atoms with E-state index in [0.29, 0.717) is 12.2 Å². The highest BCUT2D eigenvalue weighted by Crippen LogP contribution is 2.59.